The van der Waals surface area contributed by atoms with E-state index in [9.17, 15) is 0 Å². The first-order valence-corrected chi connectivity index (χ1v) is 5.39. The van der Waals surface area contributed by atoms with Gasteiger partial charge >= 0.3 is 0 Å². The van der Waals surface area contributed by atoms with Gasteiger partial charge in [0, 0.05) is 5.70 Å². The van der Waals surface area contributed by atoms with E-state index in [1.54, 1.807) is 5.57 Å². The summed E-state index contributed by atoms with van der Waals surface area (Å²) in [4.78, 5) is 0. The third-order valence-corrected chi connectivity index (χ3v) is 2.84. The summed E-state index contributed by atoms with van der Waals surface area (Å²) in [6.45, 7) is 4.58. The number of hydrogen-bond acceptors (Lipinski definition) is 1. The van der Waals surface area contributed by atoms with Crippen molar-refractivity contribution in [1.82, 2.24) is 0 Å². The van der Waals surface area contributed by atoms with Crippen molar-refractivity contribution in [2.24, 2.45) is 11.7 Å². The molecule has 0 aromatic carbocycles. The third-order valence-electron chi connectivity index (χ3n) is 2.84. The molecule has 0 radical (unpaired) electrons. The molecule has 74 valence electrons. The Hall–Kier alpha value is -0.720. The van der Waals surface area contributed by atoms with Crippen LogP contribution in [0.15, 0.2) is 23.4 Å². The summed E-state index contributed by atoms with van der Waals surface area (Å²) < 4.78 is 0. The van der Waals surface area contributed by atoms with Gasteiger partial charge in [0.05, 0.1) is 0 Å². The second kappa shape index (κ2) is 5.11. The van der Waals surface area contributed by atoms with Gasteiger partial charge in [-0.1, -0.05) is 38.3 Å². The molecule has 0 fully saturated rings. The topological polar surface area (TPSA) is 26.0 Å². The summed E-state index contributed by atoms with van der Waals surface area (Å²) in [5, 5.41) is 0. The average Bonchev–Trinajstić information content (AvgIpc) is 2.15. The van der Waals surface area contributed by atoms with Crippen LogP contribution in [0.5, 0.6) is 0 Å². The largest absolute Gasteiger partial charge is 0.402 e. The molecule has 1 aliphatic rings. The molecular weight excluding hydrogens is 158 g/mol. The maximum atomic E-state index is 5.71. The lowest BCUT2D eigenvalue weighted by Crippen LogP contribution is -2.06. The van der Waals surface area contributed by atoms with Crippen molar-refractivity contribution in [1.29, 1.82) is 0 Å². The number of unbranched alkanes of at least 4 members (excludes halogenated alkanes) is 1. The minimum atomic E-state index is 0.754. The average molecular weight is 179 g/mol. The van der Waals surface area contributed by atoms with Crippen molar-refractivity contribution in [3.8, 4) is 0 Å². The summed E-state index contributed by atoms with van der Waals surface area (Å²) >= 11 is 0. The number of hydrogen-bond donors (Lipinski definition) is 1. The predicted molar refractivity (Wildman–Crippen MR) is 58.3 cm³/mol. The van der Waals surface area contributed by atoms with Crippen LogP contribution in [0.3, 0.4) is 0 Å². The van der Waals surface area contributed by atoms with Crippen molar-refractivity contribution < 1.29 is 0 Å². The number of nitrogens with two attached hydrogens (primary N) is 1. The fourth-order valence-electron chi connectivity index (χ4n) is 1.78. The van der Waals surface area contributed by atoms with Gasteiger partial charge in [-0.25, -0.2) is 0 Å². The van der Waals surface area contributed by atoms with Crippen LogP contribution in [0.1, 0.15) is 46.0 Å². The molecule has 0 aromatic heterocycles. The van der Waals surface area contributed by atoms with E-state index in [2.05, 4.69) is 26.0 Å². The smallest absolute Gasteiger partial charge is 0.00836 e. The first-order chi connectivity index (χ1) is 6.24. The van der Waals surface area contributed by atoms with Crippen LogP contribution in [-0.4, -0.2) is 0 Å². The van der Waals surface area contributed by atoms with E-state index in [0.29, 0.717) is 0 Å². The number of rotatable bonds is 4. The molecule has 0 aromatic rings. The zero-order valence-electron chi connectivity index (χ0n) is 8.84. The normalized spacial score (nSPS) is 19.2. The van der Waals surface area contributed by atoms with Gasteiger partial charge in [0.2, 0.25) is 0 Å². The van der Waals surface area contributed by atoms with E-state index in [1.807, 2.05) is 0 Å². The maximum absolute atomic E-state index is 5.71. The zero-order chi connectivity index (χ0) is 9.68. The first-order valence-electron chi connectivity index (χ1n) is 5.39. The Labute approximate surface area is 81.7 Å². The highest BCUT2D eigenvalue weighted by Gasteiger charge is 2.10. The molecule has 1 aliphatic carbocycles. The molecule has 0 heterocycles. The molecule has 1 nitrogen and oxygen atoms in total. The summed E-state index contributed by atoms with van der Waals surface area (Å²) in [7, 11) is 0. The Morgan fingerprint density at radius 3 is 2.69 bits per heavy atom. The van der Waals surface area contributed by atoms with E-state index < -0.39 is 0 Å². The molecule has 0 saturated heterocycles. The van der Waals surface area contributed by atoms with Crippen LogP contribution in [-0.2, 0) is 0 Å². The fourth-order valence-corrected chi connectivity index (χ4v) is 1.78. The second-order valence-corrected chi connectivity index (χ2v) is 4.03. The van der Waals surface area contributed by atoms with E-state index >= 15 is 0 Å². The van der Waals surface area contributed by atoms with Gasteiger partial charge in [-0.3, -0.25) is 0 Å². The lowest BCUT2D eigenvalue weighted by molar-refractivity contribution is 0.550. The second-order valence-electron chi connectivity index (χ2n) is 4.03. The molecule has 0 bridgehead atoms. The van der Waals surface area contributed by atoms with Gasteiger partial charge in [0.15, 0.2) is 0 Å². The van der Waals surface area contributed by atoms with E-state index in [1.165, 1.54) is 25.7 Å². The Bertz CT molecular complexity index is 213. The molecule has 1 rings (SSSR count). The van der Waals surface area contributed by atoms with Crippen molar-refractivity contribution in [2.75, 3.05) is 0 Å². The first kappa shape index (κ1) is 10.4. The van der Waals surface area contributed by atoms with Crippen LogP contribution in [0.2, 0.25) is 0 Å². The van der Waals surface area contributed by atoms with E-state index in [-0.39, 0.29) is 0 Å². The lowest BCUT2D eigenvalue weighted by Gasteiger charge is -2.18. The summed E-state index contributed by atoms with van der Waals surface area (Å²) in [5.74, 6) is 0.754. The minimum absolute atomic E-state index is 0.754. The van der Waals surface area contributed by atoms with Gasteiger partial charge in [-0.15, -0.1) is 0 Å². The van der Waals surface area contributed by atoms with Gasteiger partial charge in [0.1, 0.15) is 0 Å². The Kier molecular flexibility index (Phi) is 4.07. The van der Waals surface area contributed by atoms with E-state index in [4.69, 9.17) is 5.73 Å². The van der Waals surface area contributed by atoms with Gasteiger partial charge in [0.25, 0.3) is 0 Å². The Morgan fingerprint density at radius 2 is 2.15 bits per heavy atom. The third kappa shape index (κ3) is 3.25. The molecule has 1 unspecified atom stereocenters. The molecule has 13 heavy (non-hydrogen) atoms. The van der Waals surface area contributed by atoms with Crippen LogP contribution >= 0.6 is 0 Å². The molecule has 0 amide bonds. The molecule has 0 spiro atoms. The predicted octanol–water partition coefficient (Wildman–Crippen LogP) is 3.38. The van der Waals surface area contributed by atoms with Crippen molar-refractivity contribution >= 4 is 0 Å². The minimum Gasteiger partial charge on any atom is -0.402 e. The van der Waals surface area contributed by atoms with Gasteiger partial charge < -0.3 is 5.73 Å². The maximum Gasteiger partial charge on any atom is 0.00836 e. The summed E-state index contributed by atoms with van der Waals surface area (Å²) in [6, 6.07) is 0. The molecule has 0 aliphatic heterocycles. The SMILES string of the molecule is CCCCC(C)C1=CC=C(N)CC1. The lowest BCUT2D eigenvalue weighted by atomic mass is 9.89. The van der Waals surface area contributed by atoms with Crippen molar-refractivity contribution in [3.63, 3.8) is 0 Å². The zero-order valence-corrected chi connectivity index (χ0v) is 8.84. The van der Waals surface area contributed by atoms with Crippen molar-refractivity contribution in [2.45, 2.75) is 46.0 Å². The summed E-state index contributed by atoms with van der Waals surface area (Å²) in [6.07, 6.45) is 10.5. The van der Waals surface area contributed by atoms with E-state index in [0.717, 1.165) is 18.0 Å². The van der Waals surface area contributed by atoms with Gasteiger partial charge in [-0.2, -0.15) is 0 Å². The van der Waals surface area contributed by atoms with Gasteiger partial charge in [-0.05, 0) is 31.3 Å². The molecule has 0 saturated carbocycles. The number of allylic oxidation sites excluding steroid dienone is 4. The molecule has 1 heteroatoms. The molecule has 1 atom stereocenters. The highest BCUT2D eigenvalue weighted by atomic mass is 14.6. The standard InChI is InChI=1S/C12H21N/c1-3-4-5-10(2)11-6-8-12(13)9-7-11/h6,8,10H,3-5,7,9,13H2,1-2H3. The highest BCUT2D eigenvalue weighted by molar-refractivity contribution is 5.23. The Morgan fingerprint density at radius 1 is 1.38 bits per heavy atom. The van der Waals surface area contributed by atoms with Crippen LogP contribution < -0.4 is 5.73 Å². The van der Waals surface area contributed by atoms with Crippen LogP contribution in [0.4, 0.5) is 0 Å². The van der Waals surface area contributed by atoms with Crippen LogP contribution in [0.25, 0.3) is 0 Å². The van der Waals surface area contributed by atoms with Crippen molar-refractivity contribution in [3.05, 3.63) is 23.4 Å². The monoisotopic (exact) mass is 179 g/mol. The fraction of sp³-hybridized carbons (Fsp3) is 0.667. The molecule has 2 N–H and O–H groups in total. The summed E-state index contributed by atoms with van der Waals surface area (Å²) in [5.41, 5.74) is 8.33. The van der Waals surface area contributed by atoms with Crippen LogP contribution in [0, 0.1) is 5.92 Å². The quantitative estimate of drug-likeness (QED) is 0.703. The molecular formula is C12H21N. The Balaban J connectivity index is 2.43. The highest BCUT2D eigenvalue weighted by Crippen LogP contribution is 2.25.